The third-order valence-corrected chi connectivity index (χ3v) is 11.3. The molecule has 0 fully saturated rings. The molecular weight excluding hydrogens is 1050 g/mol. The molecule has 0 aliphatic carbocycles. The van der Waals surface area contributed by atoms with Crippen molar-refractivity contribution < 1.29 is 38.2 Å². The third-order valence-electron chi connectivity index (χ3n) is 11.3. The summed E-state index contributed by atoms with van der Waals surface area (Å²) in [5.41, 5.74) is 14.6. The monoisotopic (exact) mass is 1140 g/mol. The first-order valence-corrected chi connectivity index (χ1v) is 27.3. The number of nitrogens with one attached hydrogen (secondary N) is 1. The number of nitrogens with two attached hydrogens (primary N) is 2. The molecule has 5 N–H and O–H groups in total. The number of nitrogens with zero attached hydrogens (tertiary/aromatic N) is 2. The molecule has 0 spiro atoms. The van der Waals surface area contributed by atoms with Crippen molar-refractivity contribution in [3.8, 4) is 58.9 Å². The van der Waals surface area contributed by atoms with Gasteiger partial charge in [-0.1, -0.05) is 145 Å². The molecule has 446 valence electrons. The van der Waals surface area contributed by atoms with Gasteiger partial charge in [-0.25, -0.2) is 0 Å². The zero-order valence-electron chi connectivity index (χ0n) is 51.6. The minimum Gasteiger partial charge on any atom is -0.492 e. The van der Waals surface area contributed by atoms with E-state index in [-0.39, 0.29) is 42.3 Å². The van der Waals surface area contributed by atoms with Crippen molar-refractivity contribution in [2.75, 3.05) is 71.6 Å². The molecule has 0 saturated heterocycles. The molecule has 5 aromatic rings. The Hall–Kier alpha value is -8.56. The topological polar surface area (TPSA) is 191 Å². The number of nitrogen functional groups attached to an aromatic ring is 1. The van der Waals surface area contributed by atoms with Crippen LogP contribution in [-0.2, 0) is 19.2 Å². The first-order valence-electron chi connectivity index (χ1n) is 27.3. The Labute approximate surface area is 502 Å². The van der Waals surface area contributed by atoms with Crippen LogP contribution in [0, 0.1) is 69.0 Å². The number of amides is 1. The van der Waals surface area contributed by atoms with Crippen LogP contribution in [-0.4, -0.2) is 105 Å². The predicted octanol–water partition coefficient (Wildman–Crippen LogP) is 11.5. The van der Waals surface area contributed by atoms with Crippen molar-refractivity contribution in [3.05, 3.63) is 155 Å². The lowest BCUT2D eigenvalue weighted by atomic mass is 9.91. The van der Waals surface area contributed by atoms with Crippen molar-refractivity contribution in [2.24, 2.45) is 27.4 Å². The molecule has 0 unspecified atom stereocenters. The van der Waals surface area contributed by atoms with Gasteiger partial charge in [0.1, 0.15) is 24.7 Å². The number of Topliss-reactive ketones (excluding diaryl/α,β-unsaturated/α-hetero) is 5. The largest absolute Gasteiger partial charge is 0.492 e. The minimum absolute atomic E-state index is 0. The van der Waals surface area contributed by atoms with Crippen LogP contribution in [0.1, 0.15) is 140 Å². The van der Waals surface area contributed by atoms with Gasteiger partial charge in [0.05, 0.1) is 0 Å². The lowest BCUT2D eigenvalue weighted by Crippen LogP contribution is -2.29. The van der Waals surface area contributed by atoms with Crippen molar-refractivity contribution in [1.82, 2.24) is 9.80 Å². The summed E-state index contributed by atoms with van der Waals surface area (Å²) in [6.45, 7) is 28.0. The van der Waals surface area contributed by atoms with E-state index in [0.29, 0.717) is 53.4 Å². The molecule has 84 heavy (non-hydrogen) atoms. The predicted molar refractivity (Wildman–Crippen MR) is 343 cm³/mol. The highest BCUT2D eigenvalue weighted by atomic mass is 16.5. The number of hydrogen-bond donors (Lipinski definition) is 3. The van der Waals surface area contributed by atoms with Gasteiger partial charge in [0.2, 0.25) is 23.1 Å². The Balaban J connectivity index is 0.000000562. The molecule has 0 aliphatic rings. The van der Waals surface area contributed by atoms with E-state index in [1.54, 1.807) is 72.8 Å². The normalized spacial score (nSPS) is 10.6. The standard InChI is InChI=1S/C20H20N2O2.C18H26N2O2.C17H23NO2.C15H16O2.CH4/c1-20(2,3)18(23)12-7-14-5-4-6-17(13-14)22-19(24)15-8-10-16(21)11-9-15;1-18(2,3)17(21)9-8-15-6-5-7-16(14-15)22-13-12-20(4)11-10-19;1-17(2,3)16(19)10-9-14-7-6-8-15(13-14)20-12-11-18(4)5;1-11(16)13-7-5-6-12(10-13)8-9-14(17)15(2,3)4;/h4-6,8-11,13H,21H2,1-3H3,(H,22,24);5-7,14H,10-13,19H2,1-4H3;6-8,13H,11-12H2,1-5H3;5-7,10H,1-4H3;1H4. The van der Waals surface area contributed by atoms with Gasteiger partial charge in [-0.2, -0.15) is 0 Å². The summed E-state index contributed by atoms with van der Waals surface area (Å²) in [6.07, 6.45) is 0. The summed E-state index contributed by atoms with van der Waals surface area (Å²) < 4.78 is 11.3. The third kappa shape index (κ3) is 30.5. The van der Waals surface area contributed by atoms with Crippen LogP contribution >= 0.6 is 0 Å². The number of anilines is 2. The van der Waals surface area contributed by atoms with Gasteiger partial charge in [-0.05, 0) is 143 Å². The maximum Gasteiger partial charge on any atom is 0.255 e. The minimum atomic E-state index is -0.492. The van der Waals surface area contributed by atoms with Crippen molar-refractivity contribution in [2.45, 2.75) is 97.4 Å². The van der Waals surface area contributed by atoms with Crippen molar-refractivity contribution in [1.29, 1.82) is 0 Å². The molecule has 5 aromatic carbocycles. The molecule has 1 amide bonds. The molecule has 0 aliphatic heterocycles. The fourth-order valence-corrected chi connectivity index (χ4v) is 5.92. The molecule has 0 saturated carbocycles. The lowest BCUT2D eigenvalue weighted by molar-refractivity contribution is -0.121. The van der Waals surface area contributed by atoms with E-state index in [0.717, 1.165) is 42.3 Å². The van der Waals surface area contributed by atoms with E-state index in [1.165, 1.54) is 6.92 Å². The van der Waals surface area contributed by atoms with Crippen LogP contribution in [0.3, 0.4) is 0 Å². The van der Waals surface area contributed by atoms with Crippen LogP contribution in [0.25, 0.3) is 0 Å². The van der Waals surface area contributed by atoms with E-state index in [9.17, 15) is 28.8 Å². The number of likely N-dealkylation sites (N-methyl/N-ethyl adjacent to an activating group) is 2. The van der Waals surface area contributed by atoms with Crippen LogP contribution in [0.15, 0.2) is 121 Å². The number of ether oxygens (including phenoxy) is 2. The first kappa shape index (κ1) is 73.5. The van der Waals surface area contributed by atoms with Gasteiger partial charge >= 0.3 is 0 Å². The number of benzene rings is 5. The Morgan fingerprint density at radius 1 is 0.476 bits per heavy atom. The maximum absolute atomic E-state index is 12.2. The van der Waals surface area contributed by atoms with E-state index >= 15 is 0 Å². The molecule has 0 bridgehead atoms. The number of ketones is 5. The summed E-state index contributed by atoms with van der Waals surface area (Å²) in [5.74, 6) is 23.0. The molecule has 0 atom stereocenters. The number of carbonyl (C=O) groups excluding carboxylic acids is 6. The summed E-state index contributed by atoms with van der Waals surface area (Å²) in [6, 6.07) is 35.8. The zero-order chi connectivity index (χ0) is 62.6. The fourth-order valence-electron chi connectivity index (χ4n) is 5.92. The second-order valence-electron chi connectivity index (χ2n) is 23.8. The van der Waals surface area contributed by atoms with E-state index in [2.05, 4.69) is 62.5 Å². The molecule has 13 nitrogen and oxygen atoms in total. The van der Waals surface area contributed by atoms with Gasteiger partial charge in [0, 0.05) is 92.6 Å². The van der Waals surface area contributed by atoms with Crippen LogP contribution < -0.4 is 26.3 Å². The lowest BCUT2D eigenvalue weighted by Gasteiger charge is -2.15. The summed E-state index contributed by atoms with van der Waals surface area (Å²) >= 11 is 0. The Bertz CT molecular complexity index is 3260. The first-order chi connectivity index (χ1) is 38.7. The number of carbonyl (C=O) groups is 6. The van der Waals surface area contributed by atoms with Crippen LogP contribution in [0.5, 0.6) is 11.5 Å². The average Bonchev–Trinajstić information content (AvgIpc) is 3.49. The highest BCUT2D eigenvalue weighted by molar-refractivity contribution is 6.05. The maximum atomic E-state index is 12.2. The van der Waals surface area contributed by atoms with Gasteiger partial charge in [0.15, 0.2) is 5.78 Å². The van der Waals surface area contributed by atoms with E-state index in [4.69, 9.17) is 20.9 Å². The van der Waals surface area contributed by atoms with Gasteiger partial charge in [-0.15, -0.1) is 0 Å². The molecule has 0 heterocycles. The van der Waals surface area contributed by atoms with Crippen LogP contribution in [0.4, 0.5) is 11.4 Å². The van der Waals surface area contributed by atoms with Gasteiger partial charge in [-0.3, -0.25) is 28.8 Å². The highest BCUT2D eigenvalue weighted by Gasteiger charge is 2.21. The Kier molecular flexibility index (Phi) is 31.0. The van der Waals surface area contributed by atoms with Crippen molar-refractivity contribution in [3.63, 3.8) is 0 Å². The second kappa shape index (κ2) is 35.4. The molecule has 0 aromatic heterocycles. The zero-order valence-corrected chi connectivity index (χ0v) is 51.6. The summed E-state index contributed by atoms with van der Waals surface area (Å²) in [4.78, 5) is 74.6. The molecule has 5 rings (SSSR count). The second-order valence-corrected chi connectivity index (χ2v) is 23.8. The molecule has 0 radical (unpaired) electrons. The smallest absolute Gasteiger partial charge is 0.255 e. The SMILES string of the molecule is C.CC(=O)c1cccc(C#CC(=O)C(C)(C)C)c1.CC(C)(C)C(=O)C#Cc1cccc(NC(=O)c2ccc(N)cc2)c1.CN(C)CCOc1cccc(C#CC(=O)C(C)(C)C)c1.CN(CCN)CCOc1cccc(C#CC(=O)C(C)(C)C)c1. The van der Waals surface area contributed by atoms with E-state index < -0.39 is 21.7 Å². The number of rotatable bonds is 13. The quantitative estimate of drug-likeness (QED) is 0.0575. The average molecular weight is 1140 g/mol. The van der Waals surface area contributed by atoms with Gasteiger partial charge < -0.3 is 36.1 Å². The van der Waals surface area contributed by atoms with Gasteiger partial charge in [0.25, 0.3) is 5.91 Å². The summed E-state index contributed by atoms with van der Waals surface area (Å²) in [5, 5.41) is 2.80. The summed E-state index contributed by atoms with van der Waals surface area (Å²) in [7, 11) is 6.02. The molecule has 13 heteroatoms. The van der Waals surface area contributed by atoms with E-state index in [1.807, 2.05) is 153 Å². The van der Waals surface area contributed by atoms with Crippen molar-refractivity contribution >= 4 is 46.2 Å². The highest BCUT2D eigenvalue weighted by Crippen LogP contribution is 2.19. The number of hydrogen-bond acceptors (Lipinski definition) is 12. The molecular formula is C71H89N5O8. The fraction of sp³-hybridized carbons (Fsp3) is 0.380. The van der Waals surface area contributed by atoms with Crippen LogP contribution in [0.2, 0.25) is 0 Å². The Morgan fingerprint density at radius 2 is 0.845 bits per heavy atom. The Morgan fingerprint density at radius 3 is 1.23 bits per heavy atom.